The second-order valence-electron chi connectivity index (χ2n) is 16.0. The van der Waals surface area contributed by atoms with Gasteiger partial charge in [-0.1, -0.05) is 112 Å². The second kappa shape index (κ2) is 25.3. The van der Waals surface area contributed by atoms with Gasteiger partial charge in [-0.15, -0.1) is 19.4 Å². The summed E-state index contributed by atoms with van der Waals surface area (Å²) < 4.78 is 24.8. The van der Waals surface area contributed by atoms with Crippen LogP contribution in [0, 0.1) is 18.8 Å². The number of hydrogen-bond donors (Lipinski definition) is 3. The molecule has 0 bridgehead atoms. The molecule has 320 valence electrons. The molecule has 11 nitrogen and oxygen atoms in total. The van der Waals surface area contributed by atoms with E-state index in [2.05, 4.69) is 67.7 Å². The van der Waals surface area contributed by atoms with Gasteiger partial charge in [0.1, 0.15) is 34.8 Å². The number of rotatable bonds is 12. The third-order valence-electron chi connectivity index (χ3n) is 8.52. The third-order valence-corrected chi connectivity index (χ3v) is 9.93. The summed E-state index contributed by atoms with van der Waals surface area (Å²) in [5.74, 6) is 0.261. The van der Waals surface area contributed by atoms with Crippen LogP contribution in [0.15, 0.2) is 97.6 Å². The smallest absolute Gasteiger partial charge is 0.408 e. The predicted molar refractivity (Wildman–Crippen MR) is 237 cm³/mol. The van der Waals surface area contributed by atoms with Gasteiger partial charge >= 0.3 is 6.09 Å². The zero-order valence-electron chi connectivity index (χ0n) is 35.8. The number of ether oxygens (including phenoxy) is 2. The van der Waals surface area contributed by atoms with Gasteiger partial charge in [-0.25, -0.2) is 9.00 Å². The molecule has 2 aliphatic carbocycles. The van der Waals surface area contributed by atoms with E-state index in [1.165, 1.54) is 0 Å². The fraction of sp³-hybridized carbons (Fsp3) is 0.447. The number of likely N-dealkylation sites (tertiary alicyclic amines) is 1. The first-order valence-corrected chi connectivity index (χ1v) is 21.2. The number of nitrogens with one attached hydrogen (secondary N) is 3. The van der Waals surface area contributed by atoms with Crippen molar-refractivity contribution in [2.75, 3.05) is 13.1 Å². The largest absolute Gasteiger partial charge is 0.444 e. The molecule has 3 N–H and O–H groups in total. The van der Waals surface area contributed by atoms with Crippen LogP contribution < -0.4 is 15.4 Å². The number of benzene rings is 3. The molecule has 59 heavy (non-hydrogen) atoms. The van der Waals surface area contributed by atoms with Crippen LogP contribution in [0.2, 0.25) is 0 Å². The van der Waals surface area contributed by atoms with E-state index >= 15 is 0 Å². The van der Waals surface area contributed by atoms with Gasteiger partial charge in [0, 0.05) is 12.5 Å². The average molecular weight is 829 g/mol. The molecular weight excluding hydrogens is 765 g/mol. The second-order valence-corrected chi connectivity index (χ2v) is 17.5. The summed E-state index contributed by atoms with van der Waals surface area (Å²) in [7, 11) is -1.08. The van der Waals surface area contributed by atoms with Crippen LogP contribution in [-0.4, -0.2) is 69.5 Å². The normalized spacial score (nSPS) is 18.2. The van der Waals surface area contributed by atoms with Crippen molar-refractivity contribution < 1.29 is 32.9 Å². The standard InChI is InChI=1S/C34H39N3O5.C4H7NO2S.C4H10.C3H6.C2H2/c1-33(2,3)42-32(40)35-21-30(38)37-23-34(41-22-24-10-6-4-7-11-24,20-29(37)31(39)36-28-18-19-28)27-16-14-26(15-17-27)25-12-8-5-9-13-25;6-3-5-8(7)4-1-2-4;1-4(2)3;1-3-2;1-2/h4-17,28-29H,18-23H2,1-3H3,(H,35,40)(H,36,39);3-4H,1-2H2,(H,5,6);4H,1-3H3;3H,1H2,2H3;1-2H/t29-,34-;;;;/m0..../s1. The van der Waals surface area contributed by atoms with Gasteiger partial charge in [0.2, 0.25) is 18.2 Å². The Morgan fingerprint density at radius 3 is 1.93 bits per heavy atom. The van der Waals surface area contributed by atoms with E-state index in [0.29, 0.717) is 19.4 Å². The van der Waals surface area contributed by atoms with E-state index in [-0.39, 0.29) is 36.2 Å². The van der Waals surface area contributed by atoms with Crippen LogP contribution in [0.4, 0.5) is 4.79 Å². The van der Waals surface area contributed by atoms with Crippen molar-refractivity contribution in [2.24, 2.45) is 5.92 Å². The summed E-state index contributed by atoms with van der Waals surface area (Å²) in [6.45, 7) is 17.2. The van der Waals surface area contributed by atoms with Crippen LogP contribution >= 0.6 is 0 Å². The third kappa shape index (κ3) is 18.5. The minimum absolute atomic E-state index is 0.139. The summed E-state index contributed by atoms with van der Waals surface area (Å²) in [6, 6.07) is 27.5. The SMILES string of the molecule is C#C.C=CC.CC(C)(C)OC(=O)NCC(=O)N1C[C@](OCc2ccccc2)(c2ccc(-c3ccccc3)cc2)C[C@H]1C(=O)NC1CC1.CC(C)C.O=CNS(=O)C1CC1. The Hall–Kier alpha value is -5.25. The van der Waals surface area contributed by atoms with Crippen LogP contribution in [0.3, 0.4) is 0 Å². The molecule has 0 spiro atoms. The molecule has 3 aliphatic rings. The highest BCUT2D eigenvalue weighted by atomic mass is 32.2. The number of allylic oxidation sites excluding steroid dienone is 1. The van der Waals surface area contributed by atoms with Crippen molar-refractivity contribution in [2.45, 2.75) is 116 Å². The molecule has 0 aromatic heterocycles. The summed E-state index contributed by atoms with van der Waals surface area (Å²) in [6.07, 6.45) is 13.7. The number of alkyl carbamates (subject to hydrolysis) is 1. The fourth-order valence-electron chi connectivity index (χ4n) is 5.67. The summed E-state index contributed by atoms with van der Waals surface area (Å²) in [5, 5.41) is 5.87. The quantitative estimate of drug-likeness (QED) is 0.0960. The van der Waals surface area contributed by atoms with Gasteiger partial charge in [-0.05, 0) is 81.5 Å². The maximum absolute atomic E-state index is 13.6. The Morgan fingerprint density at radius 2 is 1.44 bits per heavy atom. The summed E-state index contributed by atoms with van der Waals surface area (Å²) in [5.41, 5.74) is 2.42. The Balaban J connectivity index is 0.000000594. The van der Waals surface area contributed by atoms with E-state index in [9.17, 15) is 23.4 Å². The van der Waals surface area contributed by atoms with E-state index in [0.717, 1.165) is 53.9 Å². The monoisotopic (exact) mass is 828 g/mol. The summed E-state index contributed by atoms with van der Waals surface area (Å²) >= 11 is 0. The highest BCUT2D eigenvalue weighted by Crippen LogP contribution is 2.41. The van der Waals surface area contributed by atoms with Crippen molar-refractivity contribution in [1.29, 1.82) is 0 Å². The fourth-order valence-corrected chi connectivity index (χ4v) is 6.52. The number of carbonyl (C=O) groups excluding carboxylic acids is 4. The molecule has 2 saturated carbocycles. The first kappa shape index (κ1) is 49.9. The predicted octanol–water partition coefficient (Wildman–Crippen LogP) is 7.83. The van der Waals surface area contributed by atoms with Gasteiger partial charge in [-0.2, -0.15) is 0 Å². The van der Waals surface area contributed by atoms with Crippen LogP contribution in [0.5, 0.6) is 0 Å². The van der Waals surface area contributed by atoms with Crippen molar-refractivity contribution >= 4 is 35.3 Å². The topological polar surface area (TPSA) is 143 Å². The first-order valence-electron chi connectivity index (χ1n) is 20.0. The Kier molecular flexibility index (Phi) is 21.4. The van der Waals surface area contributed by atoms with E-state index in [1.807, 2.05) is 79.7 Å². The van der Waals surface area contributed by atoms with Crippen LogP contribution in [0.1, 0.15) is 91.7 Å². The molecule has 3 aromatic carbocycles. The zero-order chi connectivity index (χ0) is 44.0. The van der Waals surface area contributed by atoms with Gasteiger partial charge in [0.25, 0.3) is 0 Å². The van der Waals surface area contributed by atoms with Crippen LogP contribution in [-0.2, 0) is 47.1 Å². The molecular formula is C47H64N4O7S. The number of hydrogen-bond acceptors (Lipinski definition) is 7. The van der Waals surface area contributed by atoms with E-state index in [4.69, 9.17) is 9.47 Å². The molecule has 3 aromatic rings. The van der Waals surface area contributed by atoms with Crippen molar-refractivity contribution in [3.8, 4) is 24.0 Å². The summed E-state index contributed by atoms with van der Waals surface area (Å²) in [4.78, 5) is 50.6. The minimum Gasteiger partial charge on any atom is -0.444 e. The molecule has 1 aliphatic heterocycles. The number of amides is 4. The molecule has 0 radical (unpaired) electrons. The maximum atomic E-state index is 13.6. The van der Waals surface area contributed by atoms with Gasteiger partial charge < -0.3 is 25.0 Å². The molecule has 1 unspecified atom stereocenters. The number of nitrogens with zero attached hydrogens (tertiary/aromatic N) is 1. The molecule has 1 saturated heterocycles. The Bertz CT molecular complexity index is 1780. The van der Waals surface area contributed by atoms with E-state index < -0.39 is 34.3 Å². The van der Waals surface area contributed by atoms with Crippen LogP contribution in [0.25, 0.3) is 11.1 Å². The zero-order valence-corrected chi connectivity index (χ0v) is 36.6. The number of terminal acetylenes is 1. The Morgan fingerprint density at radius 1 is 0.915 bits per heavy atom. The minimum atomic E-state index is -1.08. The molecule has 3 fully saturated rings. The lowest BCUT2D eigenvalue weighted by Crippen LogP contribution is -2.49. The molecule has 12 heteroatoms. The highest BCUT2D eigenvalue weighted by Gasteiger charge is 2.51. The van der Waals surface area contributed by atoms with Gasteiger partial charge in [-0.3, -0.25) is 19.1 Å². The Labute approximate surface area is 354 Å². The van der Waals surface area contributed by atoms with Crippen molar-refractivity contribution in [1.82, 2.24) is 20.3 Å². The maximum Gasteiger partial charge on any atom is 0.408 e. The average Bonchev–Trinajstić information content (AvgIpc) is 4.16. The van der Waals surface area contributed by atoms with Gasteiger partial charge in [0.05, 0.1) is 18.4 Å². The van der Waals surface area contributed by atoms with E-state index in [1.54, 1.807) is 31.7 Å². The lowest BCUT2D eigenvalue weighted by Gasteiger charge is -2.30. The lowest BCUT2D eigenvalue weighted by atomic mass is 9.89. The van der Waals surface area contributed by atoms with Crippen molar-refractivity contribution in [3.05, 3.63) is 109 Å². The lowest BCUT2D eigenvalue weighted by molar-refractivity contribution is -0.138. The van der Waals surface area contributed by atoms with Gasteiger partial charge in [0.15, 0.2) is 0 Å². The first-order chi connectivity index (χ1) is 28.1. The highest BCUT2D eigenvalue weighted by molar-refractivity contribution is 7.84. The molecule has 4 amide bonds. The molecule has 6 rings (SSSR count). The van der Waals surface area contributed by atoms with Crippen molar-refractivity contribution in [3.63, 3.8) is 0 Å². The molecule has 1 heterocycles. The molecule has 3 atom stereocenters. The number of carbonyl (C=O) groups is 4.